The van der Waals surface area contributed by atoms with Crippen LogP contribution in [0.15, 0.2) is 18.2 Å². The van der Waals surface area contributed by atoms with E-state index in [0.29, 0.717) is 17.0 Å². The van der Waals surface area contributed by atoms with Gasteiger partial charge in [-0.15, -0.1) is 0 Å². The Labute approximate surface area is 121 Å². The van der Waals surface area contributed by atoms with Crippen molar-refractivity contribution in [3.05, 3.63) is 28.3 Å². The third-order valence-corrected chi connectivity index (χ3v) is 2.85. The van der Waals surface area contributed by atoms with Crippen LogP contribution in [0.1, 0.15) is 20.8 Å². The molecule has 1 amide bonds. The SMILES string of the molecule is CC(C)NC(=O)C(C)Nc1nc2ccc([N+](=O)[O-])cc2[nH]1. The van der Waals surface area contributed by atoms with Crippen LogP contribution < -0.4 is 10.6 Å². The summed E-state index contributed by atoms with van der Waals surface area (Å²) in [6.45, 7) is 5.48. The van der Waals surface area contributed by atoms with E-state index in [9.17, 15) is 14.9 Å². The van der Waals surface area contributed by atoms with Crippen LogP contribution in [0.3, 0.4) is 0 Å². The normalized spacial score (nSPS) is 12.4. The maximum absolute atomic E-state index is 11.8. The van der Waals surface area contributed by atoms with Crippen LogP contribution >= 0.6 is 0 Å². The highest BCUT2D eigenvalue weighted by molar-refractivity contribution is 5.85. The number of anilines is 1. The Morgan fingerprint density at radius 1 is 1.38 bits per heavy atom. The first-order chi connectivity index (χ1) is 9.86. The van der Waals surface area contributed by atoms with Gasteiger partial charge in [0.05, 0.1) is 16.0 Å². The Morgan fingerprint density at radius 2 is 2.10 bits per heavy atom. The number of imidazole rings is 1. The van der Waals surface area contributed by atoms with Gasteiger partial charge in [0.15, 0.2) is 0 Å². The summed E-state index contributed by atoms with van der Waals surface area (Å²) in [5, 5.41) is 16.4. The molecule has 1 atom stereocenters. The standard InChI is InChI=1S/C13H17N5O3/c1-7(2)14-12(19)8(3)15-13-16-10-5-4-9(18(20)21)6-11(10)17-13/h4-8H,1-3H3,(H,14,19)(H2,15,16,17). The molecule has 0 spiro atoms. The maximum Gasteiger partial charge on any atom is 0.271 e. The topological polar surface area (TPSA) is 113 Å². The lowest BCUT2D eigenvalue weighted by Crippen LogP contribution is -2.41. The van der Waals surface area contributed by atoms with Crippen LogP contribution in [-0.2, 0) is 4.79 Å². The fourth-order valence-corrected chi connectivity index (χ4v) is 1.86. The second kappa shape index (κ2) is 5.78. The Balaban J connectivity index is 2.16. The first-order valence-electron chi connectivity index (χ1n) is 6.58. The Morgan fingerprint density at radius 3 is 2.71 bits per heavy atom. The summed E-state index contributed by atoms with van der Waals surface area (Å²) in [4.78, 5) is 29.2. The van der Waals surface area contributed by atoms with Crippen molar-refractivity contribution in [1.82, 2.24) is 15.3 Å². The molecule has 0 bridgehead atoms. The number of aromatic amines is 1. The number of hydrogen-bond donors (Lipinski definition) is 3. The van der Waals surface area contributed by atoms with E-state index in [1.54, 1.807) is 13.0 Å². The van der Waals surface area contributed by atoms with Crippen LogP contribution in [0.25, 0.3) is 11.0 Å². The smallest absolute Gasteiger partial charge is 0.271 e. The summed E-state index contributed by atoms with van der Waals surface area (Å²) < 4.78 is 0. The van der Waals surface area contributed by atoms with Crippen LogP contribution in [0.5, 0.6) is 0 Å². The van der Waals surface area contributed by atoms with Gasteiger partial charge in [-0.2, -0.15) is 0 Å². The lowest BCUT2D eigenvalue weighted by atomic mass is 10.3. The number of aromatic nitrogens is 2. The van der Waals surface area contributed by atoms with E-state index in [1.165, 1.54) is 12.1 Å². The molecule has 1 aromatic carbocycles. The fourth-order valence-electron chi connectivity index (χ4n) is 1.86. The summed E-state index contributed by atoms with van der Waals surface area (Å²) in [6.07, 6.45) is 0. The van der Waals surface area contributed by atoms with Gasteiger partial charge >= 0.3 is 0 Å². The number of rotatable bonds is 5. The number of nitro groups is 1. The number of nitro benzene ring substituents is 1. The average molecular weight is 291 g/mol. The second-order valence-corrected chi connectivity index (χ2v) is 5.07. The second-order valence-electron chi connectivity index (χ2n) is 5.07. The van der Waals surface area contributed by atoms with Gasteiger partial charge in [0.2, 0.25) is 11.9 Å². The lowest BCUT2D eigenvalue weighted by molar-refractivity contribution is -0.384. The highest BCUT2D eigenvalue weighted by atomic mass is 16.6. The molecule has 0 aliphatic heterocycles. The van der Waals surface area contributed by atoms with Crippen molar-refractivity contribution in [2.75, 3.05) is 5.32 Å². The Hall–Kier alpha value is -2.64. The van der Waals surface area contributed by atoms with E-state index in [4.69, 9.17) is 0 Å². The van der Waals surface area contributed by atoms with E-state index in [-0.39, 0.29) is 17.6 Å². The third kappa shape index (κ3) is 3.47. The fraction of sp³-hybridized carbons (Fsp3) is 0.385. The summed E-state index contributed by atoms with van der Waals surface area (Å²) in [5.74, 6) is 0.258. The van der Waals surface area contributed by atoms with Crippen molar-refractivity contribution in [2.45, 2.75) is 32.9 Å². The molecule has 1 aromatic heterocycles. The molecule has 0 aliphatic rings. The molecule has 112 valence electrons. The zero-order valence-corrected chi connectivity index (χ0v) is 12.0. The summed E-state index contributed by atoms with van der Waals surface area (Å²) >= 11 is 0. The monoisotopic (exact) mass is 291 g/mol. The molecule has 1 heterocycles. The molecule has 2 aromatic rings. The van der Waals surface area contributed by atoms with E-state index >= 15 is 0 Å². The number of nitrogens with one attached hydrogen (secondary N) is 3. The molecule has 3 N–H and O–H groups in total. The summed E-state index contributed by atoms with van der Waals surface area (Å²) in [6, 6.07) is 3.95. The molecule has 8 nitrogen and oxygen atoms in total. The predicted molar refractivity (Wildman–Crippen MR) is 79.1 cm³/mol. The van der Waals surface area contributed by atoms with Crippen molar-refractivity contribution in [3.63, 3.8) is 0 Å². The molecule has 0 fully saturated rings. The minimum absolute atomic E-state index is 0.0108. The van der Waals surface area contributed by atoms with Gasteiger partial charge < -0.3 is 15.6 Å². The molecular formula is C13H17N5O3. The van der Waals surface area contributed by atoms with Crippen molar-refractivity contribution >= 4 is 28.6 Å². The zero-order chi connectivity index (χ0) is 15.6. The van der Waals surface area contributed by atoms with Gasteiger partial charge in [-0.1, -0.05) is 0 Å². The molecule has 2 rings (SSSR count). The average Bonchev–Trinajstić information content (AvgIpc) is 2.78. The quantitative estimate of drug-likeness (QED) is 0.574. The van der Waals surface area contributed by atoms with Gasteiger partial charge in [0.25, 0.3) is 5.69 Å². The number of fused-ring (bicyclic) bond motifs is 1. The van der Waals surface area contributed by atoms with E-state index in [2.05, 4.69) is 20.6 Å². The van der Waals surface area contributed by atoms with Crippen molar-refractivity contribution < 1.29 is 9.72 Å². The molecule has 0 saturated heterocycles. The molecule has 21 heavy (non-hydrogen) atoms. The zero-order valence-electron chi connectivity index (χ0n) is 12.0. The van der Waals surface area contributed by atoms with Gasteiger partial charge in [-0.3, -0.25) is 14.9 Å². The van der Waals surface area contributed by atoms with Crippen LogP contribution in [0, 0.1) is 10.1 Å². The first kappa shape index (κ1) is 14.8. The molecule has 8 heteroatoms. The summed E-state index contributed by atoms with van der Waals surface area (Å²) in [7, 11) is 0. The van der Waals surface area contributed by atoms with Crippen LogP contribution in [0.2, 0.25) is 0 Å². The van der Waals surface area contributed by atoms with Gasteiger partial charge in [0, 0.05) is 18.2 Å². The third-order valence-electron chi connectivity index (χ3n) is 2.85. The highest BCUT2D eigenvalue weighted by Gasteiger charge is 2.16. The predicted octanol–water partition coefficient (Wildman–Crippen LogP) is 1.80. The molecular weight excluding hydrogens is 274 g/mol. The van der Waals surface area contributed by atoms with Gasteiger partial charge in [-0.25, -0.2) is 4.98 Å². The number of amides is 1. The number of nitrogens with zero attached hydrogens (tertiary/aromatic N) is 2. The molecule has 0 saturated carbocycles. The Bertz CT molecular complexity index is 679. The number of non-ortho nitro benzene ring substituents is 1. The number of carbonyl (C=O) groups excluding carboxylic acids is 1. The van der Waals surface area contributed by atoms with E-state index in [0.717, 1.165) is 0 Å². The van der Waals surface area contributed by atoms with Crippen LogP contribution in [0.4, 0.5) is 11.6 Å². The Kier molecular flexibility index (Phi) is 4.06. The summed E-state index contributed by atoms with van der Waals surface area (Å²) in [5.41, 5.74) is 1.13. The highest BCUT2D eigenvalue weighted by Crippen LogP contribution is 2.20. The van der Waals surface area contributed by atoms with Crippen LogP contribution in [-0.4, -0.2) is 32.9 Å². The molecule has 1 unspecified atom stereocenters. The lowest BCUT2D eigenvalue weighted by Gasteiger charge is -2.15. The maximum atomic E-state index is 11.8. The van der Waals surface area contributed by atoms with Crippen molar-refractivity contribution in [3.8, 4) is 0 Å². The molecule has 0 aliphatic carbocycles. The number of carbonyl (C=O) groups is 1. The van der Waals surface area contributed by atoms with Gasteiger partial charge in [0.1, 0.15) is 6.04 Å². The van der Waals surface area contributed by atoms with E-state index in [1.807, 2.05) is 13.8 Å². The number of benzene rings is 1. The minimum Gasteiger partial charge on any atom is -0.352 e. The number of H-pyrrole nitrogens is 1. The minimum atomic E-state index is -0.469. The van der Waals surface area contributed by atoms with Crippen molar-refractivity contribution in [1.29, 1.82) is 0 Å². The number of hydrogen-bond acceptors (Lipinski definition) is 5. The first-order valence-corrected chi connectivity index (χ1v) is 6.58. The largest absolute Gasteiger partial charge is 0.352 e. The van der Waals surface area contributed by atoms with Crippen molar-refractivity contribution in [2.24, 2.45) is 0 Å². The molecule has 0 radical (unpaired) electrons. The van der Waals surface area contributed by atoms with Gasteiger partial charge in [-0.05, 0) is 26.8 Å². The van der Waals surface area contributed by atoms with E-state index < -0.39 is 11.0 Å².